The van der Waals surface area contributed by atoms with E-state index in [4.69, 9.17) is 18.0 Å². The Hall–Kier alpha value is -1.49. The van der Waals surface area contributed by atoms with Gasteiger partial charge in [0, 0.05) is 36.5 Å². The zero-order chi connectivity index (χ0) is 13.2. The molecule has 0 spiro atoms. The van der Waals surface area contributed by atoms with Gasteiger partial charge in [-0.3, -0.25) is 9.78 Å². The SMILES string of the molecule is CC1(C(N)=S)CCN(C(=O)c2ccncc2)CC1. The highest BCUT2D eigenvalue weighted by Crippen LogP contribution is 2.31. The lowest BCUT2D eigenvalue weighted by molar-refractivity contribution is 0.0670. The smallest absolute Gasteiger partial charge is 0.253 e. The highest BCUT2D eigenvalue weighted by atomic mass is 32.1. The summed E-state index contributed by atoms with van der Waals surface area (Å²) in [5, 5.41) is 0. The Morgan fingerprint density at radius 1 is 1.39 bits per heavy atom. The van der Waals surface area contributed by atoms with Gasteiger partial charge in [-0.25, -0.2) is 0 Å². The fourth-order valence-electron chi connectivity index (χ4n) is 2.13. The van der Waals surface area contributed by atoms with Crippen LogP contribution >= 0.6 is 12.2 Å². The van der Waals surface area contributed by atoms with Crippen molar-refractivity contribution >= 4 is 23.1 Å². The molecule has 0 bridgehead atoms. The van der Waals surface area contributed by atoms with Crippen LogP contribution in [0.15, 0.2) is 24.5 Å². The Morgan fingerprint density at radius 2 is 1.94 bits per heavy atom. The van der Waals surface area contributed by atoms with Crippen LogP contribution in [0.3, 0.4) is 0 Å². The largest absolute Gasteiger partial charge is 0.393 e. The van der Waals surface area contributed by atoms with E-state index in [1.54, 1.807) is 24.5 Å². The molecule has 1 fully saturated rings. The predicted molar refractivity (Wildman–Crippen MR) is 74.3 cm³/mol. The molecule has 18 heavy (non-hydrogen) atoms. The lowest BCUT2D eigenvalue weighted by atomic mass is 9.80. The van der Waals surface area contributed by atoms with Gasteiger partial charge in [-0.2, -0.15) is 0 Å². The maximum Gasteiger partial charge on any atom is 0.253 e. The summed E-state index contributed by atoms with van der Waals surface area (Å²) in [6.07, 6.45) is 4.94. The van der Waals surface area contributed by atoms with Crippen LogP contribution in [0.2, 0.25) is 0 Å². The molecule has 1 aromatic rings. The number of thiocarbonyl (C=S) groups is 1. The van der Waals surface area contributed by atoms with Gasteiger partial charge in [0.25, 0.3) is 5.91 Å². The maximum atomic E-state index is 12.2. The average Bonchev–Trinajstić information content (AvgIpc) is 2.40. The number of piperidine rings is 1. The molecule has 1 saturated heterocycles. The van der Waals surface area contributed by atoms with Crippen molar-refractivity contribution in [2.24, 2.45) is 11.1 Å². The summed E-state index contributed by atoms with van der Waals surface area (Å²) >= 11 is 5.09. The molecule has 1 aliphatic heterocycles. The Balaban J connectivity index is 2.03. The first-order valence-electron chi connectivity index (χ1n) is 6.02. The van der Waals surface area contributed by atoms with E-state index in [1.165, 1.54) is 0 Å². The molecule has 1 amide bonds. The minimum absolute atomic E-state index is 0.0578. The standard InChI is InChI=1S/C13H17N3OS/c1-13(12(14)18)4-8-16(9-5-13)11(17)10-2-6-15-7-3-10/h2-3,6-7H,4-5,8-9H2,1H3,(H2,14,18). The van der Waals surface area contributed by atoms with Crippen LogP contribution in [0.1, 0.15) is 30.1 Å². The highest BCUT2D eigenvalue weighted by molar-refractivity contribution is 7.80. The Kier molecular flexibility index (Phi) is 3.61. The fraction of sp³-hybridized carbons (Fsp3) is 0.462. The van der Waals surface area contributed by atoms with Gasteiger partial charge in [-0.05, 0) is 25.0 Å². The van der Waals surface area contributed by atoms with Gasteiger partial charge in [-0.1, -0.05) is 19.1 Å². The molecule has 0 aliphatic carbocycles. The number of amides is 1. The number of carbonyl (C=O) groups excluding carboxylic acids is 1. The minimum Gasteiger partial charge on any atom is -0.393 e. The van der Waals surface area contributed by atoms with Gasteiger partial charge in [0.15, 0.2) is 0 Å². The van der Waals surface area contributed by atoms with Crippen molar-refractivity contribution in [1.82, 2.24) is 9.88 Å². The third kappa shape index (κ3) is 2.51. The van der Waals surface area contributed by atoms with Gasteiger partial charge in [0.1, 0.15) is 0 Å². The summed E-state index contributed by atoms with van der Waals surface area (Å²) < 4.78 is 0. The van der Waals surface area contributed by atoms with Crippen LogP contribution in [0, 0.1) is 5.41 Å². The number of hydrogen-bond acceptors (Lipinski definition) is 3. The van der Waals surface area contributed by atoms with Crippen LogP contribution < -0.4 is 5.73 Å². The van der Waals surface area contributed by atoms with E-state index in [2.05, 4.69) is 11.9 Å². The number of carbonyl (C=O) groups is 1. The first kappa shape index (κ1) is 13.0. The van der Waals surface area contributed by atoms with E-state index in [0.29, 0.717) is 23.6 Å². The number of nitrogens with two attached hydrogens (primary N) is 1. The van der Waals surface area contributed by atoms with E-state index < -0.39 is 0 Å². The summed E-state index contributed by atoms with van der Waals surface area (Å²) in [6.45, 7) is 3.48. The molecule has 0 saturated carbocycles. The number of nitrogens with zero attached hydrogens (tertiary/aromatic N) is 2. The molecule has 0 unspecified atom stereocenters. The third-order valence-electron chi connectivity index (χ3n) is 3.68. The molecule has 5 heteroatoms. The van der Waals surface area contributed by atoms with E-state index in [0.717, 1.165) is 12.8 Å². The van der Waals surface area contributed by atoms with Crippen LogP contribution in [-0.4, -0.2) is 33.9 Å². The molecule has 0 radical (unpaired) electrons. The highest BCUT2D eigenvalue weighted by Gasteiger charge is 2.34. The molecule has 4 nitrogen and oxygen atoms in total. The van der Waals surface area contributed by atoms with Gasteiger partial charge < -0.3 is 10.6 Å². The van der Waals surface area contributed by atoms with Crippen molar-refractivity contribution in [3.05, 3.63) is 30.1 Å². The van der Waals surface area contributed by atoms with Crippen molar-refractivity contribution < 1.29 is 4.79 Å². The fourth-order valence-corrected chi connectivity index (χ4v) is 2.33. The quantitative estimate of drug-likeness (QED) is 0.824. The van der Waals surface area contributed by atoms with Gasteiger partial charge in [0.2, 0.25) is 0 Å². The van der Waals surface area contributed by atoms with E-state index in [1.807, 2.05) is 4.90 Å². The van der Waals surface area contributed by atoms with Crippen molar-refractivity contribution in [1.29, 1.82) is 0 Å². The zero-order valence-corrected chi connectivity index (χ0v) is 11.2. The summed E-state index contributed by atoms with van der Waals surface area (Å²) in [7, 11) is 0. The monoisotopic (exact) mass is 263 g/mol. The van der Waals surface area contributed by atoms with E-state index >= 15 is 0 Å². The lowest BCUT2D eigenvalue weighted by Gasteiger charge is -2.38. The second-order valence-corrected chi connectivity index (χ2v) is 5.39. The van der Waals surface area contributed by atoms with Crippen LogP contribution in [-0.2, 0) is 0 Å². The summed E-state index contributed by atoms with van der Waals surface area (Å²) in [5.41, 5.74) is 6.33. The normalized spacial score (nSPS) is 18.4. The molecule has 2 rings (SSSR count). The van der Waals surface area contributed by atoms with Crippen molar-refractivity contribution in [3.63, 3.8) is 0 Å². The number of hydrogen-bond donors (Lipinski definition) is 1. The molecule has 0 aromatic carbocycles. The van der Waals surface area contributed by atoms with Gasteiger partial charge in [0.05, 0.1) is 4.99 Å². The van der Waals surface area contributed by atoms with Crippen molar-refractivity contribution in [3.8, 4) is 0 Å². The minimum atomic E-state index is -0.107. The van der Waals surface area contributed by atoms with Crippen LogP contribution in [0.4, 0.5) is 0 Å². The molecule has 0 atom stereocenters. The maximum absolute atomic E-state index is 12.2. The molecule has 1 aromatic heterocycles. The Morgan fingerprint density at radius 3 is 2.44 bits per heavy atom. The summed E-state index contributed by atoms with van der Waals surface area (Å²) in [5.74, 6) is 0.0578. The number of aromatic nitrogens is 1. The van der Waals surface area contributed by atoms with Crippen LogP contribution in [0.5, 0.6) is 0 Å². The number of pyridine rings is 1. The molecule has 96 valence electrons. The molecule has 2 N–H and O–H groups in total. The number of rotatable bonds is 2. The molecular formula is C13H17N3OS. The Bertz CT molecular complexity index is 453. The first-order valence-corrected chi connectivity index (χ1v) is 6.43. The molecular weight excluding hydrogens is 246 g/mol. The zero-order valence-electron chi connectivity index (χ0n) is 10.4. The Labute approximate surface area is 112 Å². The predicted octanol–water partition coefficient (Wildman–Crippen LogP) is 1.61. The first-order chi connectivity index (χ1) is 8.53. The van der Waals surface area contributed by atoms with Gasteiger partial charge >= 0.3 is 0 Å². The second kappa shape index (κ2) is 5.02. The van der Waals surface area contributed by atoms with Crippen LogP contribution in [0.25, 0.3) is 0 Å². The number of likely N-dealkylation sites (tertiary alicyclic amines) is 1. The van der Waals surface area contributed by atoms with Gasteiger partial charge in [-0.15, -0.1) is 0 Å². The third-order valence-corrected chi connectivity index (χ3v) is 4.17. The van der Waals surface area contributed by atoms with E-state index in [9.17, 15) is 4.79 Å². The second-order valence-electron chi connectivity index (χ2n) is 4.95. The van der Waals surface area contributed by atoms with E-state index in [-0.39, 0.29) is 11.3 Å². The summed E-state index contributed by atoms with van der Waals surface area (Å²) in [4.78, 5) is 18.5. The van der Waals surface area contributed by atoms with Crippen molar-refractivity contribution in [2.75, 3.05) is 13.1 Å². The average molecular weight is 263 g/mol. The topological polar surface area (TPSA) is 59.2 Å². The summed E-state index contributed by atoms with van der Waals surface area (Å²) in [6, 6.07) is 3.48. The lowest BCUT2D eigenvalue weighted by Crippen LogP contribution is -2.46. The van der Waals surface area contributed by atoms with Crippen molar-refractivity contribution in [2.45, 2.75) is 19.8 Å². The molecule has 1 aliphatic rings. The molecule has 2 heterocycles.